The maximum Gasteiger partial charge on any atom is 0.0637 e. The third kappa shape index (κ3) is 13.3. The normalized spacial score (nSPS) is 33.4. The number of hydrogen-bond donors (Lipinski definition) is 5. The van der Waals surface area contributed by atoms with Crippen LogP contribution in [-0.4, -0.2) is 102 Å². The quantitative estimate of drug-likeness (QED) is 0.0452. The fourth-order valence-corrected chi connectivity index (χ4v) is 12.7. The molecule has 4 saturated carbocycles. The van der Waals surface area contributed by atoms with Crippen molar-refractivity contribution in [3.8, 4) is 0 Å². The molecular formula is C47H94N6O3. The maximum atomic E-state index is 7.12. The molecule has 330 valence electrons. The Morgan fingerprint density at radius 1 is 0.661 bits per heavy atom. The first-order chi connectivity index (χ1) is 27.3. The molecule has 0 spiro atoms. The molecule has 0 radical (unpaired) electrons. The van der Waals surface area contributed by atoms with E-state index in [2.05, 4.69) is 37.9 Å². The predicted molar refractivity (Wildman–Crippen MR) is 236 cm³/mol. The molecule has 4 rings (SSSR count). The van der Waals surface area contributed by atoms with E-state index in [1.807, 2.05) is 0 Å². The minimum absolute atomic E-state index is 0.157. The Balaban J connectivity index is 1.47. The van der Waals surface area contributed by atoms with Crippen LogP contribution in [0.5, 0.6) is 0 Å². The summed E-state index contributed by atoms with van der Waals surface area (Å²) in [7, 11) is 0. The van der Waals surface area contributed by atoms with Crippen LogP contribution in [0, 0.1) is 46.3 Å². The van der Waals surface area contributed by atoms with Gasteiger partial charge in [-0.3, -0.25) is 0 Å². The molecule has 0 heterocycles. The highest BCUT2D eigenvalue weighted by Crippen LogP contribution is 2.69. The molecule has 5 unspecified atom stereocenters. The first-order valence-electron chi connectivity index (χ1n) is 24.4. The molecule has 0 aromatic rings. The summed E-state index contributed by atoms with van der Waals surface area (Å²) in [5.41, 5.74) is 24.1. The zero-order chi connectivity index (χ0) is 40.2. The zero-order valence-electron chi connectivity index (χ0n) is 37.3. The molecule has 11 atom stereocenters. The van der Waals surface area contributed by atoms with Crippen molar-refractivity contribution in [1.29, 1.82) is 0 Å². The van der Waals surface area contributed by atoms with E-state index < -0.39 is 0 Å². The Hall–Kier alpha value is -0.360. The van der Waals surface area contributed by atoms with E-state index in [9.17, 15) is 0 Å². The summed E-state index contributed by atoms with van der Waals surface area (Å²) in [6, 6.07) is 0. The van der Waals surface area contributed by atoms with Gasteiger partial charge in [-0.25, -0.2) is 0 Å². The lowest BCUT2D eigenvalue weighted by atomic mass is 9.43. The van der Waals surface area contributed by atoms with Crippen molar-refractivity contribution in [2.75, 3.05) is 78.7 Å². The van der Waals surface area contributed by atoms with Gasteiger partial charge < -0.3 is 47.4 Å². The molecule has 0 aromatic carbocycles. The lowest BCUT2D eigenvalue weighted by molar-refractivity contribution is -0.227. The maximum absolute atomic E-state index is 7.12. The van der Waals surface area contributed by atoms with E-state index in [-0.39, 0.29) is 11.5 Å². The summed E-state index contributed by atoms with van der Waals surface area (Å²) in [6.45, 7) is 21.3. The zero-order valence-corrected chi connectivity index (χ0v) is 37.3. The second-order valence-corrected chi connectivity index (χ2v) is 19.5. The monoisotopic (exact) mass is 791 g/mol. The summed E-state index contributed by atoms with van der Waals surface area (Å²) >= 11 is 0. The number of nitrogens with zero attached hydrogens (tertiary/aromatic N) is 1. The predicted octanol–water partition coefficient (Wildman–Crippen LogP) is 7.47. The topological polar surface area (TPSA) is 147 Å². The average Bonchev–Trinajstić information content (AvgIpc) is 3.56. The number of rotatable bonds is 31. The van der Waals surface area contributed by atoms with Crippen LogP contribution in [0.15, 0.2) is 0 Å². The number of ether oxygens (including phenoxy) is 3. The minimum Gasteiger partial charge on any atom is -0.378 e. The molecule has 9 N–H and O–H groups in total. The highest BCUT2D eigenvalue weighted by atomic mass is 16.5. The second kappa shape index (κ2) is 26.1. The van der Waals surface area contributed by atoms with Crippen LogP contribution in [0.25, 0.3) is 0 Å². The number of unbranched alkanes of at least 4 members (excludes halogenated alkanes) is 5. The van der Waals surface area contributed by atoms with Crippen molar-refractivity contribution < 1.29 is 14.2 Å². The smallest absolute Gasteiger partial charge is 0.0637 e. The summed E-state index contributed by atoms with van der Waals surface area (Å²) in [6.07, 6.45) is 25.4. The Morgan fingerprint density at radius 3 is 2.04 bits per heavy atom. The van der Waals surface area contributed by atoms with Crippen molar-refractivity contribution in [3.63, 3.8) is 0 Å². The Kier molecular flexibility index (Phi) is 22.5. The summed E-state index contributed by atoms with van der Waals surface area (Å²) in [5.74, 6) is 3.81. The molecular weight excluding hydrogens is 697 g/mol. The molecule has 0 saturated heterocycles. The Labute approximate surface area is 346 Å². The third-order valence-corrected chi connectivity index (χ3v) is 15.8. The number of nitrogens with two attached hydrogens (primary N) is 4. The molecule has 9 heteroatoms. The van der Waals surface area contributed by atoms with Crippen molar-refractivity contribution >= 4 is 0 Å². The van der Waals surface area contributed by atoms with Crippen molar-refractivity contribution in [3.05, 3.63) is 0 Å². The molecule has 4 aliphatic carbocycles. The van der Waals surface area contributed by atoms with Gasteiger partial charge in [-0.15, -0.1) is 0 Å². The van der Waals surface area contributed by atoms with E-state index in [0.717, 1.165) is 71.6 Å². The van der Waals surface area contributed by atoms with Crippen molar-refractivity contribution in [2.45, 2.75) is 174 Å². The van der Waals surface area contributed by atoms with E-state index in [4.69, 9.17) is 37.1 Å². The van der Waals surface area contributed by atoms with Gasteiger partial charge >= 0.3 is 0 Å². The van der Waals surface area contributed by atoms with Crippen molar-refractivity contribution in [1.82, 2.24) is 10.2 Å². The van der Waals surface area contributed by atoms with Crippen LogP contribution in [0.3, 0.4) is 0 Å². The van der Waals surface area contributed by atoms with Gasteiger partial charge in [-0.2, -0.15) is 0 Å². The SMILES string of the molecule is CCCCCCCCN(CCCNCCCN)CCC[C@@H](C)C1CC[C@H]2C3[C@H](OCCCN)CC4C[C@H](OCCCN)CCC4(C)[C@H]3C[C@H](OCCCN)C12C. The summed E-state index contributed by atoms with van der Waals surface area (Å²) in [4.78, 5) is 2.79. The van der Waals surface area contributed by atoms with Crippen LogP contribution in [0.2, 0.25) is 0 Å². The largest absolute Gasteiger partial charge is 0.378 e. The van der Waals surface area contributed by atoms with E-state index >= 15 is 0 Å². The highest BCUT2D eigenvalue weighted by Gasteiger charge is 2.66. The molecule has 0 aromatic heterocycles. The minimum atomic E-state index is 0.157. The molecule has 9 nitrogen and oxygen atoms in total. The van der Waals surface area contributed by atoms with E-state index in [1.165, 1.54) is 116 Å². The summed E-state index contributed by atoms with van der Waals surface area (Å²) < 4.78 is 20.6. The standard InChI is InChI=1S/C47H94N6O3/c1-5-6-7-8-9-10-28-53(30-16-27-52-26-12-22-48)29-11-17-37(2)40-18-19-41-45-42(36-44(47(40,41)4)56-33-15-25-51)46(3)21-20-39(54-31-13-23-49)34-38(46)35-43(45)55-32-14-24-50/h37-45,52H,5-36,48-51H2,1-4H3/t37-,38?,39-,40?,41+,42+,43-,44+,45?,46?,47?/m1/s1. The van der Waals surface area contributed by atoms with Crippen LogP contribution in [0.4, 0.5) is 0 Å². The van der Waals surface area contributed by atoms with Gasteiger partial charge in [-0.1, -0.05) is 59.8 Å². The van der Waals surface area contributed by atoms with Crippen LogP contribution in [-0.2, 0) is 14.2 Å². The van der Waals surface area contributed by atoms with Gasteiger partial charge in [0.25, 0.3) is 0 Å². The molecule has 4 aliphatic rings. The second-order valence-electron chi connectivity index (χ2n) is 19.5. The fraction of sp³-hybridized carbons (Fsp3) is 1.00. The Bertz CT molecular complexity index is 1010. The lowest BCUT2D eigenvalue weighted by Crippen LogP contribution is -2.63. The molecule has 0 aliphatic heterocycles. The molecule has 56 heavy (non-hydrogen) atoms. The number of hydrogen-bond acceptors (Lipinski definition) is 9. The fourth-order valence-electron chi connectivity index (χ4n) is 12.7. The molecule has 0 amide bonds. The van der Waals surface area contributed by atoms with Crippen molar-refractivity contribution in [2.24, 2.45) is 69.3 Å². The van der Waals surface area contributed by atoms with Crippen LogP contribution in [0.1, 0.15) is 156 Å². The van der Waals surface area contributed by atoms with Crippen LogP contribution < -0.4 is 28.3 Å². The molecule has 0 bridgehead atoms. The highest BCUT2D eigenvalue weighted by molar-refractivity contribution is 5.15. The Morgan fingerprint density at radius 2 is 1.30 bits per heavy atom. The third-order valence-electron chi connectivity index (χ3n) is 15.8. The number of fused-ring (bicyclic) bond motifs is 5. The van der Waals surface area contributed by atoms with Gasteiger partial charge in [0, 0.05) is 25.2 Å². The number of nitrogens with one attached hydrogen (secondary N) is 1. The van der Waals surface area contributed by atoms with Gasteiger partial charge in [0.05, 0.1) is 18.3 Å². The van der Waals surface area contributed by atoms with Gasteiger partial charge in [-0.05, 0) is 196 Å². The first-order valence-corrected chi connectivity index (χ1v) is 24.4. The summed E-state index contributed by atoms with van der Waals surface area (Å²) in [5, 5.41) is 3.61. The first kappa shape index (κ1) is 48.3. The van der Waals surface area contributed by atoms with E-state index in [0.29, 0.717) is 72.8 Å². The van der Waals surface area contributed by atoms with Gasteiger partial charge in [0.15, 0.2) is 0 Å². The average molecular weight is 791 g/mol. The van der Waals surface area contributed by atoms with E-state index in [1.54, 1.807) is 0 Å². The van der Waals surface area contributed by atoms with Gasteiger partial charge in [0.2, 0.25) is 0 Å². The van der Waals surface area contributed by atoms with Crippen LogP contribution >= 0.6 is 0 Å². The lowest BCUT2D eigenvalue weighted by Gasteiger charge is -2.65. The van der Waals surface area contributed by atoms with Gasteiger partial charge in [0.1, 0.15) is 0 Å². The molecule has 4 fully saturated rings.